The lowest BCUT2D eigenvalue weighted by Gasteiger charge is -2.19. The Morgan fingerprint density at radius 3 is 2.71 bits per heavy atom. The molecule has 0 bridgehead atoms. The topological polar surface area (TPSA) is 48.9 Å². The number of ether oxygens (including phenoxy) is 1. The lowest BCUT2D eigenvalue weighted by molar-refractivity contribution is 0.114. The Kier molecular flexibility index (Phi) is 10.2. The average Bonchev–Trinajstić information content (AvgIpc) is 3.06. The highest BCUT2D eigenvalue weighted by molar-refractivity contribution is 14.0. The smallest absolute Gasteiger partial charge is 0.191 e. The van der Waals surface area contributed by atoms with Crippen LogP contribution in [0.3, 0.4) is 0 Å². The monoisotopic (exact) mass is 450 g/mol. The van der Waals surface area contributed by atoms with Crippen LogP contribution < -0.4 is 10.6 Å². The van der Waals surface area contributed by atoms with Gasteiger partial charge in [-0.2, -0.15) is 0 Å². The molecule has 2 N–H and O–H groups in total. The number of halogens is 2. The maximum atomic E-state index is 12.9. The molecule has 1 aromatic carbocycles. The van der Waals surface area contributed by atoms with E-state index in [9.17, 15) is 4.39 Å². The van der Waals surface area contributed by atoms with Gasteiger partial charge in [-0.05, 0) is 37.6 Å². The van der Waals surface area contributed by atoms with Crippen LogP contribution in [0.25, 0.3) is 0 Å². The number of rotatable bonds is 7. The summed E-state index contributed by atoms with van der Waals surface area (Å²) in [6, 6.07) is 6.64. The highest BCUT2D eigenvalue weighted by Crippen LogP contribution is 2.10. The van der Waals surface area contributed by atoms with E-state index < -0.39 is 0 Å². The zero-order chi connectivity index (χ0) is 16.5. The van der Waals surface area contributed by atoms with Crippen LogP contribution in [0.1, 0.15) is 18.4 Å². The number of hydrogen-bond donors (Lipinski definition) is 2. The van der Waals surface area contributed by atoms with Crippen molar-refractivity contribution in [1.29, 1.82) is 0 Å². The molecule has 1 saturated heterocycles. The minimum atomic E-state index is -0.195. The van der Waals surface area contributed by atoms with Gasteiger partial charge in [0.25, 0.3) is 0 Å². The van der Waals surface area contributed by atoms with Crippen molar-refractivity contribution >= 4 is 29.9 Å². The summed E-state index contributed by atoms with van der Waals surface area (Å²) in [5, 5.41) is 6.60. The molecular weight excluding hydrogens is 422 g/mol. The molecule has 0 amide bonds. The Morgan fingerprint density at radius 1 is 1.33 bits per heavy atom. The van der Waals surface area contributed by atoms with E-state index in [4.69, 9.17) is 4.74 Å². The van der Waals surface area contributed by atoms with Gasteiger partial charge in [0.15, 0.2) is 5.96 Å². The fourth-order valence-corrected chi connectivity index (χ4v) is 2.58. The molecule has 1 fully saturated rings. The maximum absolute atomic E-state index is 12.9. The fraction of sp³-hybridized carbons (Fsp3) is 0.588. The van der Waals surface area contributed by atoms with E-state index in [2.05, 4.69) is 20.5 Å². The molecule has 24 heavy (non-hydrogen) atoms. The zero-order valence-electron chi connectivity index (χ0n) is 14.4. The van der Waals surface area contributed by atoms with E-state index in [1.54, 1.807) is 7.05 Å². The molecule has 1 aromatic rings. The van der Waals surface area contributed by atoms with Crippen molar-refractivity contribution < 1.29 is 9.13 Å². The molecule has 7 heteroatoms. The van der Waals surface area contributed by atoms with Crippen LogP contribution in [-0.2, 0) is 11.3 Å². The Balaban J connectivity index is 0.00000288. The summed E-state index contributed by atoms with van der Waals surface area (Å²) in [6.07, 6.45) is 2.56. The lowest BCUT2D eigenvalue weighted by Crippen LogP contribution is -2.43. The summed E-state index contributed by atoms with van der Waals surface area (Å²) < 4.78 is 18.5. The largest absolute Gasteiger partial charge is 0.376 e. The number of guanidine groups is 1. The predicted octanol–water partition coefficient (Wildman–Crippen LogP) is 2.22. The van der Waals surface area contributed by atoms with Gasteiger partial charge < -0.3 is 20.3 Å². The van der Waals surface area contributed by atoms with E-state index in [1.807, 2.05) is 19.2 Å². The number of nitrogens with one attached hydrogen (secondary N) is 2. The second kappa shape index (κ2) is 11.6. The summed E-state index contributed by atoms with van der Waals surface area (Å²) in [4.78, 5) is 6.41. The van der Waals surface area contributed by atoms with Gasteiger partial charge >= 0.3 is 0 Å². The Morgan fingerprint density at radius 2 is 2.08 bits per heavy atom. The summed E-state index contributed by atoms with van der Waals surface area (Å²) >= 11 is 0. The second-order valence-electron chi connectivity index (χ2n) is 5.88. The Labute approximate surface area is 161 Å². The van der Waals surface area contributed by atoms with E-state index in [-0.39, 0.29) is 29.8 Å². The fourth-order valence-electron chi connectivity index (χ4n) is 2.58. The van der Waals surface area contributed by atoms with Gasteiger partial charge in [-0.3, -0.25) is 4.99 Å². The third-order valence-electron chi connectivity index (χ3n) is 3.90. The zero-order valence-corrected chi connectivity index (χ0v) is 16.8. The standard InChI is InChI=1S/C17H27FN4O.HI/c1-19-17(21-12-16-4-3-11-23-16)20-9-10-22(2)13-14-5-7-15(18)8-6-14;/h5-8,16H,3-4,9-13H2,1-2H3,(H2,19,20,21);1H. The number of aliphatic imine (C=N–C) groups is 1. The van der Waals surface area contributed by atoms with Crippen LogP contribution in [-0.4, -0.2) is 57.3 Å². The molecule has 5 nitrogen and oxygen atoms in total. The molecule has 1 unspecified atom stereocenters. The van der Waals surface area contributed by atoms with E-state index in [1.165, 1.54) is 12.1 Å². The molecule has 0 aromatic heterocycles. The predicted molar refractivity (Wildman–Crippen MR) is 106 cm³/mol. The lowest BCUT2D eigenvalue weighted by atomic mass is 10.2. The maximum Gasteiger partial charge on any atom is 0.191 e. The van der Waals surface area contributed by atoms with Gasteiger partial charge in [-0.15, -0.1) is 24.0 Å². The number of benzene rings is 1. The van der Waals surface area contributed by atoms with Crippen molar-refractivity contribution in [1.82, 2.24) is 15.5 Å². The van der Waals surface area contributed by atoms with Crippen LogP contribution in [0.4, 0.5) is 4.39 Å². The molecule has 0 spiro atoms. The van der Waals surface area contributed by atoms with Crippen LogP contribution in [0, 0.1) is 5.82 Å². The summed E-state index contributed by atoms with van der Waals surface area (Å²) in [5.74, 6) is 0.606. The van der Waals surface area contributed by atoms with Crippen molar-refractivity contribution in [3.05, 3.63) is 35.6 Å². The van der Waals surface area contributed by atoms with Crippen molar-refractivity contribution in [2.45, 2.75) is 25.5 Å². The first-order chi connectivity index (χ1) is 11.2. The SMILES string of the molecule is CN=C(NCCN(C)Cc1ccc(F)cc1)NCC1CCCO1.I. The molecule has 2 rings (SSSR count). The van der Waals surface area contributed by atoms with Crippen molar-refractivity contribution in [3.8, 4) is 0 Å². The molecule has 0 saturated carbocycles. The molecule has 1 atom stereocenters. The summed E-state index contributed by atoms with van der Waals surface area (Å²) in [7, 11) is 3.82. The van der Waals surface area contributed by atoms with Gasteiger partial charge in [0.05, 0.1) is 6.10 Å². The van der Waals surface area contributed by atoms with Crippen LogP contribution in [0.2, 0.25) is 0 Å². The highest BCUT2D eigenvalue weighted by atomic mass is 127. The van der Waals surface area contributed by atoms with Crippen molar-refractivity contribution in [2.75, 3.05) is 40.3 Å². The third kappa shape index (κ3) is 7.76. The molecule has 1 aliphatic rings. The normalized spacial score (nSPS) is 17.7. The first-order valence-electron chi connectivity index (χ1n) is 8.16. The van der Waals surface area contributed by atoms with Crippen LogP contribution >= 0.6 is 24.0 Å². The van der Waals surface area contributed by atoms with Gasteiger partial charge in [-0.25, -0.2) is 4.39 Å². The van der Waals surface area contributed by atoms with Crippen LogP contribution in [0.15, 0.2) is 29.3 Å². The second-order valence-corrected chi connectivity index (χ2v) is 5.88. The first-order valence-corrected chi connectivity index (χ1v) is 8.16. The third-order valence-corrected chi connectivity index (χ3v) is 3.90. The molecule has 0 aliphatic carbocycles. The van der Waals surface area contributed by atoms with Gasteiger partial charge in [0, 0.05) is 39.8 Å². The quantitative estimate of drug-likeness (QED) is 0.380. The van der Waals surface area contributed by atoms with Gasteiger partial charge in [-0.1, -0.05) is 12.1 Å². The summed E-state index contributed by atoms with van der Waals surface area (Å²) in [6.45, 7) is 4.13. The number of hydrogen-bond acceptors (Lipinski definition) is 3. The van der Waals surface area contributed by atoms with Gasteiger partial charge in [0.1, 0.15) is 5.82 Å². The summed E-state index contributed by atoms with van der Waals surface area (Å²) in [5.41, 5.74) is 1.11. The molecule has 1 heterocycles. The first kappa shape index (κ1) is 21.1. The van der Waals surface area contributed by atoms with Crippen molar-refractivity contribution in [2.24, 2.45) is 4.99 Å². The minimum Gasteiger partial charge on any atom is -0.376 e. The van der Waals surface area contributed by atoms with E-state index >= 15 is 0 Å². The van der Waals surface area contributed by atoms with Gasteiger partial charge in [0.2, 0.25) is 0 Å². The molecule has 0 radical (unpaired) electrons. The Hall–Kier alpha value is -0.930. The van der Waals surface area contributed by atoms with E-state index in [0.717, 1.165) is 57.2 Å². The van der Waals surface area contributed by atoms with E-state index in [0.29, 0.717) is 6.10 Å². The number of likely N-dealkylation sites (N-methyl/N-ethyl adjacent to an activating group) is 1. The average molecular weight is 450 g/mol. The minimum absolute atomic E-state index is 0. The number of nitrogens with zero attached hydrogens (tertiary/aromatic N) is 2. The highest BCUT2D eigenvalue weighted by Gasteiger charge is 2.15. The van der Waals surface area contributed by atoms with Crippen LogP contribution in [0.5, 0.6) is 0 Å². The molecular formula is C17H28FIN4O. The van der Waals surface area contributed by atoms with Crippen molar-refractivity contribution in [3.63, 3.8) is 0 Å². The molecule has 1 aliphatic heterocycles. The molecule has 136 valence electrons. The Bertz CT molecular complexity index is 492.